The van der Waals surface area contributed by atoms with E-state index in [9.17, 15) is 18.0 Å². The van der Waals surface area contributed by atoms with Gasteiger partial charge in [-0.3, -0.25) is 4.79 Å². The third-order valence-electron chi connectivity index (χ3n) is 3.84. The zero-order valence-corrected chi connectivity index (χ0v) is 13.8. The molecule has 0 saturated heterocycles. The van der Waals surface area contributed by atoms with E-state index in [1.165, 1.54) is 18.3 Å². The predicted octanol–water partition coefficient (Wildman–Crippen LogP) is 3.93. The Morgan fingerprint density at radius 2 is 2.00 bits per heavy atom. The lowest BCUT2D eigenvalue weighted by Crippen LogP contribution is -2.08. The van der Waals surface area contributed by atoms with Gasteiger partial charge in [0.05, 0.1) is 29.7 Å². The van der Waals surface area contributed by atoms with Crippen LogP contribution in [0.2, 0.25) is 0 Å². The molecule has 2 heterocycles. The number of pyridine rings is 1. The molecule has 0 radical (unpaired) electrons. The van der Waals surface area contributed by atoms with Crippen molar-refractivity contribution in [1.29, 1.82) is 0 Å². The van der Waals surface area contributed by atoms with Gasteiger partial charge in [-0.05, 0) is 36.8 Å². The van der Waals surface area contributed by atoms with Crippen LogP contribution in [-0.2, 0) is 17.5 Å². The van der Waals surface area contributed by atoms with E-state index < -0.39 is 11.7 Å². The third kappa shape index (κ3) is 3.58. The average molecular weight is 360 g/mol. The van der Waals surface area contributed by atoms with Crippen molar-refractivity contribution < 1.29 is 18.0 Å². The van der Waals surface area contributed by atoms with Crippen molar-refractivity contribution >= 4 is 22.6 Å². The fourth-order valence-corrected chi connectivity index (χ4v) is 2.56. The Kier molecular flexibility index (Phi) is 4.50. The smallest absolute Gasteiger partial charge is 0.321 e. The SMILES string of the molecule is C=CC(=O)Nc1cnc2c(c1)c(C)nn2Cc1ccc(C(F)(F)F)cc1. The number of fused-ring (bicyclic) bond motifs is 1. The first-order valence-corrected chi connectivity index (χ1v) is 7.70. The summed E-state index contributed by atoms with van der Waals surface area (Å²) in [7, 11) is 0. The number of carbonyl (C=O) groups excluding carboxylic acids is 1. The first-order valence-electron chi connectivity index (χ1n) is 7.70. The maximum atomic E-state index is 12.6. The number of hydrogen-bond donors (Lipinski definition) is 1. The predicted molar refractivity (Wildman–Crippen MR) is 91.6 cm³/mol. The highest BCUT2D eigenvalue weighted by molar-refractivity contribution is 5.99. The number of anilines is 1. The molecule has 1 aromatic carbocycles. The molecular formula is C18H15F3N4O. The highest BCUT2D eigenvalue weighted by Crippen LogP contribution is 2.29. The fraction of sp³-hybridized carbons (Fsp3) is 0.167. The average Bonchev–Trinajstić information content (AvgIpc) is 2.90. The number of alkyl halides is 3. The van der Waals surface area contributed by atoms with E-state index in [0.717, 1.165) is 23.6 Å². The van der Waals surface area contributed by atoms with Gasteiger partial charge in [0.15, 0.2) is 5.65 Å². The number of aryl methyl sites for hydroxylation is 1. The summed E-state index contributed by atoms with van der Waals surface area (Å²) < 4.78 is 39.6. The number of rotatable bonds is 4. The zero-order valence-electron chi connectivity index (χ0n) is 13.8. The van der Waals surface area contributed by atoms with Crippen molar-refractivity contribution in [3.05, 3.63) is 66.0 Å². The second kappa shape index (κ2) is 6.62. The van der Waals surface area contributed by atoms with E-state index in [0.29, 0.717) is 22.6 Å². The summed E-state index contributed by atoms with van der Waals surface area (Å²) in [6.45, 7) is 5.47. The number of carbonyl (C=O) groups is 1. The molecule has 0 bridgehead atoms. The topological polar surface area (TPSA) is 59.8 Å². The molecule has 0 aliphatic carbocycles. The lowest BCUT2D eigenvalue weighted by Gasteiger charge is -2.08. The highest BCUT2D eigenvalue weighted by Gasteiger charge is 2.29. The van der Waals surface area contributed by atoms with Crippen molar-refractivity contribution in [2.45, 2.75) is 19.6 Å². The van der Waals surface area contributed by atoms with Crippen LogP contribution in [0.5, 0.6) is 0 Å². The first-order chi connectivity index (χ1) is 12.3. The van der Waals surface area contributed by atoms with Crippen LogP contribution >= 0.6 is 0 Å². The Morgan fingerprint density at radius 1 is 1.31 bits per heavy atom. The van der Waals surface area contributed by atoms with Crippen molar-refractivity contribution in [1.82, 2.24) is 14.8 Å². The van der Waals surface area contributed by atoms with E-state index in [4.69, 9.17) is 0 Å². The minimum atomic E-state index is -4.36. The molecule has 3 rings (SSSR count). The summed E-state index contributed by atoms with van der Waals surface area (Å²) in [6, 6.07) is 6.68. The standard InChI is InChI=1S/C18H15F3N4O/c1-3-16(26)23-14-8-15-11(2)24-25(17(15)22-9-14)10-12-4-6-13(7-5-12)18(19,20)21/h3-9H,1,10H2,2H3,(H,23,26). The lowest BCUT2D eigenvalue weighted by molar-refractivity contribution is -0.137. The van der Waals surface area contributed by atoms with Gasteiger partial charge in [-0.25, -0.2) is 9.67 Å². The van der Waals surface area contributed by atoms with Crippen LogP contribution in [0.1, 0.15) is 16.8 Å². The van der Waals surface area contributed by atoms with E-state index in [1.807, 2.05) is 0 Å². The number of benzene rings is 1. The van der Waals surface area contributed by atoms with Gasteiger partial charge in [0.25, 0.3) is 0 Å². The molecule has 0 saturated carbocycles. The minimum absolute atomic E-state index is 0.286. The molecule has 1 N–H and O–H groups in total. The molecule has 0 fully saturated rings. The van der Waals surface area contributed by atoms with Crippen molar-refractivity contribution in [2.24, 2.45) is 0 Å². The van der Waals surface area contributed by atoms with E-state index >= 15 is 0 Å². The molecule has 26 heavy (non-hydrogen) atoms. The summed E-state index contributed by atoms with van der Waals surface area (Å²) >= 11 is 0. The molecule has 5 nitrogen and oxygen atoms in total. The van der Waals surface area contributed by atoms with Crippen LogP contribution in [0.25, 0.3) is 11.0 Å². The maximum Gasteiger partial charge on any atom is 0.416 e. The second-order valence-electron chi connectivity index (χ2n) is 5.73. The molecule has 0 spiro atoms. The third-order valence-corrected chi connectivity index (χ3v) is 3.84. The van der Waals surface area contributed by atoms with E-state index in [2.05, 4.69) is 22.0 Å². The van der Waals surface area contributed by atoms with E-state index in [1.54, 1.807) is 17.7 Å². The Labute approximate surface area is 147 Å². The van der Waals surface area contributed by atoms with Crippen LogP contribution in [-0.4, -0.2) is 20.7 Å². The molecule has 1 amide bonds. The molecule has 0 atom stereocenters. The summed E-state index contributed by atoms with van der Waals surface area (Å²) in [5.41, 5.74) is 1.78. The molecule has 3 aromatic rings. The quantitative estimate of drug-likeness (QED) is 0.717. The monoisotopic (exact) mass is 360 g/mol. The first kappa shape index (κ1) is 17.7. The van der Waals surface area contributed by atoms with Crippen LogP contribution < -0.4 is 5.32 Å². The van der Waals surface area contributed by atoms with Gasteiger partial charge in [-0.1, -0.05) is 18.7 Å². The lowest BCUT2D eigenvalue weighted by atomic mass is 10.1. The van der Waals surface area contributed by atoms with Gasteiger partial charge in [0, 0.05) is 5.39 Å². The Hall–Kier alpha value is -3.16. The summed E-state index contributed by atoms with van der Waals surface area (Å²) in [5.74, 6) is -0.346. The largest absolute Gasteiger partial charge is 0.416 e. The Bertz CT molecular complexity index is 975. The van der Waals surface area contributed by atoms with Gasteiger partial charge in [-0.2, -0.15) is 18.3 Å². The van der Waals surface area contributed by atoms with Crippen molar-refractivity contribution in [2.75, 3.05) is 5.32 Å². The van der Waals surface area contributed by atoms with Crippen LogP contribution in [0.15, 0.2) is 49.2 Å². The maximum absolute atomic E-state index is 12.6. The second-order valence-corrected chi connectivity index (χ2v) is 5.73. The van der Waals surface area contributed by atoms with Gasteiger partial charge in [0.2, 0.25) is 5.91 Å². The zero-order chi connectivity index (χ0) is 18.9. The Balaban J connectivity index is 1.89. The summed E-state index contributed by atoms with van der Waals surface area (Å²) in [5, 5.41) is 7.77. The summed E-state index contributed by atoms with van der Waals surface area (Å²) in [6.07, 6.45) is -1.71. The fourth-order valence-electron chi connectivity index (χ4n) is 2.56. The molecule has 134 valence electrons. The molecule has 2 aromatic heterocycles. The number of halogens is 3. The summed E-state index contributed by atoms with van der Waals surface area (Å²) in [4.78, 5) is 15.7. The van der Waals surface area contributed by atoms with Gasteiger partial charge in [0.1, 0.15) is 0 Å². The number of nitrogens with one attached hydrogen (secondary N) is 1. The molecular weight excluding hydrogens is 345 g/mol. The van der Waals surface area contributed by atoms with Crippen LogP contribution in [0.3, 0.4) is 0 Å². The number of amides is 1. The molecule has 0 unspecified atom stereocenters. The Morgan fingerprint density at radius 3 is 2.62 bits per heavy atom. The molecule has 8 heteroatoms. The van der Waals surface area contributed by atoms with E-state index in [-0.39, 0.29) is 12.5 Å². The van der Waals surface area contributed by atoms with Crippen LogP contribution in [0.4, 0.5) is 18.9 Å². The molecule has 0 aliphatic rings. The normalized spacial score (nSPS) is 11.5. The van der Waals surface area contributed by atoms with Gasteiger partial charge < -0.3 is 5.32 Å². The highest BCUT2D eigenvalue weighted by atomic mass is 19.4. The number of hydrogen-bond acceptors (Lipinski definition) is 3. The van der Waals surface area contributed by atoms with Crippen molar-refractivity contribution in [3.8, 4) is 0 Å². The number of nitrogens with zero attached hydrogens (tertiary/aromatic N) is 3. The molecule has 0 aliphatic heterocycles. The van der Waals surface area contributed by atoms with Crippen molar-refractivity contribution in [3.63, 3.8) is 0 Å². The van der Waals surface area contributed by atoms with Gasteiger partial charge >= 0.3 is 6.18 Å². The minimum Gasteiger partial charge on any atom is -0.321 e. The number of aromatic nitrogens is 3. The van der Waals surface area contributed by atoms with Crippen LogP contribution in [0, 0.1) is 6.92 Å². The van der Waals surface area contributed by atoms with Gasteiger partial charge in [-0.15, -0.1) is 0 Å².